The molecule has 1 heterocycles. The number of rotatable bonds is 5. The van der Waals surface area contributed by atoms with Crippen molar-refractivity contribution in [2.75, 3.05) is 12.4 Å². The Hall–Kier alpha value is -3.26. The highest BCUT2D eigenvalue weighted by Crippen LogP contribution is 2.31. The van der Waals surface area contributed by atoms with Crippen LogP contribution in [0.3, 0.4) is 0 Å². The van der Waals surface area contributed by atoms with Gasteiger partial charge in [-0.25, -0.2) is 4.98 Å². The molecule has 0 spiro atoms. The molecule has 0 saturated carbocycles. The zero-order valence-electron chi connectivity index (χ0n) is 15.9. The summed E-state index contributed by atoms with van der Waals surface area (Å²) in [5.41, 5.74) is 5.18. The van der Waals surface area contributed by atoms with Crippen LogP contribution < -0.4 is 10.1 Å². The van der Waals surface area contributed by atoms with Crippen LogP contribution in [0.5, 0.6) is 5.75 Å². The van der Waals surface area contributed by atoms with Crippen LogP contribution in [0.25, 0.3) is 11.3 Å². The zero-order chi connectivity index (χ0) is 20.4. The van der Waals surface area contributed by atoms with E-state index in [1.807, 2.05) is 19.2 Å². The lowest BCUT2D eigenvalue weighted by Gasteiger charge is -2.07. The van der Waals surface area contributed by atoms with Crippen molar-refractivity contribution < 1.29 is 14.5 Å². The smallest absolute Gasteiger partial charge is 0.311 e. The first kappa shape index (κ1) is 19.5. The topological polar surface area (TPSA) is 94.4 Å². The van der Waals surface area contributed by atoms with Gasteiger partial charge in [-0.05, 0) is 55.7 Å². The number of carbonyl (C=O) groups excluding carboxylic acids is 1. The third-order valence-electron chi connectivity index (χ3n) is 4.48. The maximum atomic E-state index is 12.5. The summed E-state index contributed by atoms with van der Waals surface area (Å²) in [7, 11) is 1.34. The number of amides is 1. The number of hydrogen-bond donors (Lipinski definition) is 1. The Morgan fingerprint density at radius 2 is 1.86 bits per heavy atom. The van der Waals surface area contributed by atoms with Crippen LogP contribution in [0.15, 0.2) is 35.7 Å². The number of methoxy groups -OCH3 is 1. The molecule has 3 aromatic rings. The minimum absolute atomic E-state index is 0.100. The van der Waals surface area contributed by atoms with E-state index in [2.05, 4.69) is 29.4 Å². The fraction of sp³-hybridized carbons (Fsp3) is 0.200. The van der Waals surface area contributed by atoms with Crippen molar-refractivity contribution in [3.05, 3.63) is 68.1 Å². The first-order valence-electron chi connectivity index (χ1n) is 8.47. The maximum absolute atomic E-state index is 12.5. The van der Waals surface area contributed by atoms with Crippen molar-refractivity contribution in [3.63, 3.8) is 0 Å². The van der Waals surface area contributed by atoms with Crippen LogP contribution in [0.4, 0.5) is 10.8 Å². The van der Waals surface area contributed by atoms with E-state index < -0.39 is 10.8 Å². The van der Waals surface area contributed by atoms with Crippen molar-refractivity contribution in [2.45, 2.75) is 20.8 Å². The van der Waals surface area contributed by atoms with E-state index in [0.717, 1.165) is 16.8 Å². The summed E-state index contributed by atoms with van der Waals surface area (Å²) in [6.45, 7) is 6.13. The molecule has 0 aliphatic carbocycles. The van der Waals surface area contributed by atoms with Gasteiger partial charge >= 0.3 is 5.69 Å². The molecular weight excluding hydrogens is 378 g/mol. The largest absolute Gasteiger partial charge is 0.490 e. The molecule has 0 aliphatic heterocycles. The molecule has 1 N–H and O–H groups in total. The predicted molar refractivity (Wildman–Crippen MR) is 109 cm³/mol. The molecule has 0 saturated heterocycles. The molecule has 3 rings (SSSR count). The Kier molecular flexibility index (Phi) is 5.41. The molecule has 8 heteroatoms. The number of nitro groups is 1. The molecule has 1 aromatic heterocycles. The molecule has 28 heavy (non-hydrogen) atoms. The number of aryl methyl sites for hydroxylation is 3. The van der Waals surface area contributed by atoms with E-state index in [1.54, 1.807) is 0 Å². The van der Waals surface area contributed by atoms with Crippen molar-refractivity contribution in [1.82, 2.24) is 4.98 Å². The van der Waals surface area contributed by atoms with Gasteiger partial charge in [-0.15, -0.1) is 11.3 Å². The number of nitrogens with zero attached hydrogens (tertiary/aromatic N) is 2. The standard InChI is InChI=1S/C20H19N3O4S/c1-11-7-13(3)15(8-12(11)2)16-10-28-20(21-16)22-19(24)14-5-6-18(27-4)17(9-14)23(25)26/h5-10H,1-4H3,(H,21,22,24). The van der Waals surface area contributed by atoms with Gasteiger partial charge in [-0.1, -0.05) is 6.07 Å². The number of carbonyl (C=O) groups is 1. The van der Waals surface area contributed by atoms with Crippen LogP contribution in [0.1, 0.15) is 27.0 Å². The van der Waals surface area contributed by atoms with E-state index in [-0.39, 0.29) is 17.0 Å². The number of thiazole rings is 1. The van der Waals surface area contributed by atoms with Crippen LogP contribution in [0.2, 0.25) is 0 Å². The molecule has 1 amide bonds. The number of benzene rings is 2. The third-order valence-corrected chi connectivity index (χ3v) is 5.24. The Morgan fingerprint density at radius 1 is 1.14 bits per heavy atom. The predicted octanol–water partition coefficient (Wildman–Crippen LogP) is 4.90. The Bertz CT molecular complexity index is 1080. The van der Waals surface area contributed by atoms with E-state index in [0.29, 0.717) is 5.13 Å². The lowest BCUT2D eigenvalue weighted by molar-refractivity contribution is -0.385. The van der Waals surface area contributed by atoms with Gasteiger partial charge in [-0.3, -0.25) is 20.2 Å². The average molecular weight is 397 g/mol. The second kappa shape index (κ2) is 7.77. The number of nitro benzene ring substituents is 1. The minimum Gasteiger partial charge on any atom is -0.490 e. The summed E-state index contributed by atoms with van der Waals surface area (Å²) in [5.74, 6) is -0.369. The Morgan fingerprint density at radius 3 is 2.54 bits per heavy atom. The summed E-state index contributed by atoms with van der Waals surface area (Å²) in [4.78, 5) is 27.5. The molecular formula is C20H19N3O4S. The fourth-order valence-electron chi connectivity index (χ4n) is 2.83. The molecule has 2 aromatic carbocycles. The lowest BCUT2D eigenvalue weighted by atomic mass is 9.99. The van der Waals surface area contributed by atoms with E-state index in [1.165, 1.54) is 47.8 Å². The van der Waals surface area contributed by atoms with Gasteiger partial charge in [0, 0.05) is 22.6 Å². The van der Waals surface area contributed by atoms with E-state index in [4.69, 9.17) is 4.74 Å². The minimum atomic E-state index is -0.584. The summed E-state index contributed by atoms with van der Waals surface area (Å²) in [6.07, 6.45) is 0. The van der Waals surface area contributed by atoms with Crippen LogP contribution in [-0.2, 0) is 0 Å². The number of anilines is 1. The summed E-state index contributed by atoms with van der Waals surface area (Å²) in [6, 6.07) is 8.26. The number of hydrogen-bond acceptors (Lipinski definition) is 6. The number of ether oxygens (including phenoxy) is 1. The molecule has 0 atom stereocenters. The summed E-state index contributed by atoms with van der Waals surface area (Å²) < 4.78 is 4.96. The van der Waals surface area contributed by atoms with Crippen molar-refractivity contribution in [3.8, 4) is 17.0 Å². The molecule has 0 radical (unpaired) electrons. The summed E-state index contributed by atoms with van der Waals surface area (Å²) >= 11 is 1.30. The monoisotopic (exact) mass is 397 g/mol. The first-order chi connectivity index (χ1) is 13.3. The second-order valence-electron chi connectivity index (χ2n) is 6.39. The summed E-state index contributed by atoms with van der Waals surface area (Å²) in [5, 5.41) is 16.1. The van der Waals surface area contributed by atoms with Gasteiger partial charge < -0.3 is 4.74 Å². The second-order valence-corrected chi connectivity index (χ2v) is 7.25. The van der Waals surface area contributed by atoms with Gasteiger partial charge in [-0.2, -0.15) is 0 Å². The highest BCUT2D eigenvalue weighted by atomic mass is 32.1. The van der Waals surface area contributed by atoms with Crippen LogP contribution >= 0.6 is 11.3 Å². The highest BCUT2D eigenvalue weighted by Gasteiger charge is 2.19. The molecule has 0 aliphatic rings. The van der Waals surface area contributed by atoms with Gasteiger partial charge in [0.2, 0.25) is 0 Å². The normalized spacial score (nSPS) is 10.6. The average Bonchev–Trinajstić information content (AvgIpc) is 3.12. The van der Waals surface area contributed by atoms with Gasteiger partial charge in [0.15, 0.2) is 10.9 Å². The SMILES string of the molecule is COc1ccc(C(=O)Nc2nc(-c3cc(C)c(C)cc3C)cs2)cc1[N+](=O)[O-]. The fourth-order valence-corrected chi connectivity index (χ4v) is 3.54. The van der Waals surface area contributed by atoms with Gasteiger partial charge in [0.25, 0.3) is 5.91 Å². The van der Waals surface area contributed by atoms with Gasteiger partial charge in [0.1, 0.15) is 0 Å². The Labute approximate surface area is 166 Å². The molecule has 7 nitrogen and oxygen atoms in total. The zero-order valence-corrected chi connectivity index (χ0v) is 16.7. The highest BCUT2D eigenvalue weighted by molar-refractivity contribution is 7.14. The first-order valence-corrected chi connectivity index (χ1v) is 9.35. The lowest BCUT2D eigenvalue weighted by Crippen LogP contribution is -2.12. The molecule has 0 bridgehead atoms. The third kappa shape index (κ3) is 3.86. The maximum Gasteiger partial charge on any atom is 0.311 e. The van der Waals surface area contributed by atoms with Crippen molar-refractivity contribution >= 4 is 28.1 Å². The van der Waals surface area contributed by atoms with E-state index >= 15 is 0 Å². The number of aromatic nitrogens is 1. The van der Waals surface area contributed by atoms with Crippen LogP contribution in [0, 0.1) is 30.9 Å². The molecule has 0 unspecified atom stereocenters. The quantitative estimate of drug-likeness (QED) is 0.488. The van der Waals surface area contributed by atoms with Crippen molar-refractivity contribution in [2.24, 2.45) is 0 Å². The van der Waals surface area contributed by atoms with Crippen molar-refractivity contribution in [1.29, 1.82) is 0 Å². The number of nitrogens with one attached hydrogen (secondary N) is 1. The van der Waals surface area contributed by atoms with E-state index in [9.17, 15) is 14.9 Å². The Balaban J connectivity index is 1.84. The van der Waals surface area contributed by atoms with Gasteiger partial charge in [0.05, 0.1) is 17.7 Å². The molecule has 144 valence electrons. The molecule has 0 fully saturated rings. The van der Waals surface area contributed by atoms with Crippen LogP contribution in [-0.4, -0.2) is 22.9 Å².